The van der Waals surface area contributed by atoms with Crippen LogP contribution in [0.1, 0.15) is 11.1 Å². The molecule has 1 saturated heterocycles. The van der Waals surface area contributed by atoms with E-state index in [1.165, 1.54) is 15.9 Å². The number of hydrogen-bond donors (Lipinski definition) is 1. The molecule has 4 rings (SSSR count). The Balaban J connectivity index is 1.63. The maximum atomic E-state index is 13.2. The number of nitrogens with zero attached hydrogens (tertiary/aromatic N) is 3. The summed E-state index contributed by atoms with van der Waals surface area (Å²) < 4.78 is 0.888. The minimum atomic E-state index is -0.730. The Bertz CT molecular complexity index is 1190. The van der Waals surface area contributed by atoms with Gasteiger partial charge in [-0.2, -0.15) is 0 Å². The van der Waals surface area contributed by atoms with E-state index in [1.807, 2.05) is 24.3 Å². The van der Waals surface area contributed by atoms with Crippen molar-refractivity contribution in [1.82, 2.24) is 14.8 Å². The largest absolute Gasteiger partial charge is 0.361 e. The topological polar surface area (TPSA) is 99.5 Å². The lowest BCUT2D eigenvalue weighted by Gasteiger charge is -2.42. The maximum absolute atomic E-state index is 13.2. The van der Waals surface area contributed by atoms with Crippen molar-refractivity contribution in [3.05, 3.63) is 74.4 Å². The number of rotatable bonds is 5. The summed E-state index contributed by atoms with van der Waals surface area (Å²) in [5.74, 6) is -0.343. The number of non-ortho nitro benzene ring substituents is 1. The van der Waals surface area contributed by atoms with Gasteiger partial charge in [-0.15, -0.1) is 0 Å². The smallest absolute Gasteiger partial charge is 0.279 e. The fourth-order valence-electron chi connectivity index (χ4n) is 4.19. The zero-order valence-corrected chi connectivity index (χ0v) is 18.6. The summed E-state index contributed by atoms with van der Waals surface area (Å²) in [7, 11) is 3.26. The summed E-state index contributed by atoms with van der Waals surface area (Å²) >= 11 is 3.50. The highest BCUT2D eigenvalue weighted by molar-refractivity contribution is 9.10. The van der Waals surface area contributed by atoms with Crippen LogP contribution in [-0.4, -0.2) is 57.7 Å². The van der Waals surface area contributed by atoms with Gasteiger partial charge in [0, 0.05) is 43.7 Å². The number of nitrogens with one attached hydrogen (secondary N) is 1. The molecule has 9 heteroatoms. The fraction of sp³-hybridized carbons (Fsp3) is 0.273. The lowest BCUT2D eigenvalue weighted by molar-refractivity contribution is -0.383. The normalized spacial score (nSPS) is 19.3. The Hall–Kier alpha value is -3.20. The molecule has 0 radical (unpaired) electrons. The number of halogens is 1. The van der Waals surface area contributed by atoms with E-state index in [4.69, 9.17) is 0 Å². The maximum Gasteiger partial charge on any atom is 0.279 e. The summed E-state index contributed by atoms with van der Waals surface area (Å²) in [6.45, 7) is 0. The first-order valence-electron chi connectivity index (χ1n) is 9.79. The number of aromatic amines is 1. The third kappa shape index (κ3) is 3.69. The third-order valence-corrected chi connectivity index (χ3v) is 6.72. The van der Waals surface area contributed by atoms with Gasteiger partial charge < -0.3 is 14.8 Å². The van der Waals surface area contributed by atoms with E-state index in [-0.39, 0.29) is 23.9 Å². The number of hydrogen-bond acceptors (Lipinski definition) is 4. The van der Waals surface area contributed by atoms with Gasteiger partial charge in [-0.3, -0.25) is 19.7 Å². The van der Waals surface area contributed by atoms with Crippen LogP contribution in [0.3, 0.4) is 0 Å². The quantitative estimate of drug-likeness (QED) is 0.443. The predicted molar refractivity (Wildman–Crippen MR) is 120 cm³/mol. The van der Waals surface area contributed by atoms with Crippen LogP contribution in [0.25, 0.3) is 10.9 Å². The molecule has 2 amide bonds. The van der Waals surface area contributed by atoms with Crippen molar-refractivity contribution < 1.29 is 14.5 Å². The Morgan fingerprint density at radius 2 is 1.58 bits per heavy atom. The van der Waals surface area contributed by atoms with Gasteiger partial charge in [-0.25, -0.2) is 0 Å². The average molecular weight is 485 g/mol. The molecule has 3 aromatic rings. The molecule has 1 aromatic heterocycles. The van der Waals surface area contributed by atoms with Crippen molar-refractivity contribution in [2.45, 2.75) is 24.9 Å². The van der Waals surface area contributed by atoms with E-state index in [0.717, 1.165) is 10.0 Å². The van der Waals surface area contributed by atoms with Crippen LogP contribution in [0.15, 0.2) is 53.1 Å². The number of likely N-dealkylation sites (N-methyl/N-ethyl adjacent to an activating group) is 2. The van der Waals surface area contributed by atoms with Gasteiger partial charge in [-0.1, -0.05) is 40.2 Å². The van der Waals surface area contributed by atoms with Crippen LogP contribution >= 0.6 is 15.9 Å². The molecule has 1 N–H and O–H groups in total. The Morgan fingerprint density at radius 3 is 2.19 bits per heavy atom. The molecule has 0 spiro atoms. The van der Waals surface area contributed by atoms with E-state index in [9.17, 15) is 19.7 Å². The summed E-state index contributed by atoms with van der Waals surface area (Å²) in [5, 5.41) is 12.0. The number of amides is 2. The zero-order chi connectivity index (χ0) is 22.3. The van der Waals surface area contributed by atoms with Gasteiger partial charge in [0.1, 0.15) is 12.1 Å². The number of piperazine rings is 1. The highest BCUT2D eigenvalue weighted by atomic mass is 79.9. The minimum Gasteiger partial charge on any atom is -0.361 e. The number of H-pyrrole nitrogens is 1. The monoisotopic (exact) mass is 484 g/mol. The van der Waals surface area contributed by atoms with E-state index in [1.54, 1.807) is 32.4 Å². The Kier molecular flexibility index (Phi) is 5.53. The van der Waals surface area contributed by atoms with Gasteiger partial charge >= 0.3 is 0 Å². The van der Waals surface area contributed by atoms with Gasteiger partial charge in [0.15, 0.2) is 0 Å². The van der Waals surface area contributed by atoms with E-state index < -0.39 is 17.0 Å². The second-order valence-corrected chi connectivity index (χ2v) is 8.55. The second-order valence-electron chi connectivity index (χ2n) is 7.70. The van der Waals surface area contributed by atoms with E-state index in [0.29, 0.717) is 22.9 Å². The van der Waals surface area contributed by atoms with Crippen molar-refractivity contribution in [1.29, 1.82) is 0 Å². The lowest BCUT2D eigenvalue weighted by Crippen LogP contribution is -2.63. The molecule has 1 aliphatic heterocycles. The van der Waals surface area contributed by atoms with Crippen LogP contribution < -0.4 is 0 Å². The van der Waals surface area contributed by atoms with Gasteiger partial charge in [0.2, 0.25) is 11.8 Å². The Labute approximate surface area is 187 Å². The summed E-state index contributed by atoms with van der Waals surface area (Å²) in [4.78, 5) is 43.4. The third-order valence-electron chi connectivity index (χ3n) is 5.95. The molecular formula is C22H21BrN4O4. The van der Waals surface area contributed by atoms with Crippen LogP contribution in [0.5, 0.6) is 0 Å². The molecule has 2 atom stereocenters. The zero-order valence-electron chi connectivity index (χ0n) is 17.0. The SMILES string of the molecule is CN1C(=O)[C@H](Cc2c[nH]c3cccc([N+](=O)[O-])c23)N(C)C(=O)[C@@H]1Cc1ccccc1Br. The number of benzene rings is 2. The average Bonchev–Trinajstić information content (AvgIpc) is 3.17. The highest BCUT2D eigenvalue weighted by Crippen LogP contribution is 2.31. The van der Waals surface area contributed by atoms with E-state index >= 15 is 0 Å². The molecule has 0 bridgehead atoms. The van der Waals surface area contributed by atoms with Gasteiger partial charge in [0.25, 0.3) is 5.69 Å². The number of nitro groups is 1. The van der Waals surface area contributed by atoms with E-state index in [2.05, 4.69) is 20.9 Å². The van der Waals surface area contributed by atoms with Crippen LogP contribution in [0, 0.1) is 10.1 Å². The second kappa shape index (κ2) is 8.14. The van der Waals surface area contributed by atoms with Gasteiger partial charge in [-0.05, 0) is 23.3 Å². The standard InChI is InChI=1S/C22H21BrN4O4/c1-25-18(10-13-6-3-4-7-15(13)23)21(28)26(2)19(22(25)29)11-14-12-24-16-8-5-9-17(20(14)16)27(30)31/h3-9,12,18-19,24H,10-11H2,1-2H3/t18-,19-/m0/s1. The van der Waals surface area contributed by atoms with Crippen molar-refractivity contribution >= 4 is 44.3 Å². The number of fused-ring (bicyclic) bond motifs is 1. The first kappa shape index (κ1) is 21.0. The molecule has 0 unspecified atom stereocenters. The molecule has 2 heterocycles. The molecular weight excluding hydrogens is 464 g/mol. The number of aromatic nitrogens is 1. The van der Waals surface area contributed by atoms with Crippen LogP contribution in [0.2, 0.25) is 0 Å². The molecule has 0 aliphatic carbocycles. The molecule has 31 heavy (non-hydrogen) atoms. The summed E-state index contributed by atoms with van der Waals surface area (Å²) in [6, 6.07) is 11.1. The molecule has 2 aromatic carbocycles. The van der Waals surface area contributed by atoms with Crippen molar-refractivity contribution in [2.24, 2.45) is 0 Å². The highest BCUT2D eigenvalue weighted by Gasteiger charge is 2.43. The lowest BCUT2D eigenvalue weighted by atomic mass is 9.95. The summed E-state index contributed by atoms with van der Waals surface area (Å²) in [6.07, 6.45) is 2.27. The first-order chi connectivity index (χ1) is 14.8. The number of carbonyl (C=O) groups is 2. The Morgan fingerprint density at radius 1 is 0.968 bits per heavy atom. The first-order valence-corrected chi connectivity index (χ1v) is 10.6. The molecule has 8 nitrogen and oxygen atoms in total. The summed E-state index contributed by atoms with van der Waals surface area (Å²) in [5.41, 5.74) is 2.19. The van der Waals surface area contributed by atoms with Crippen molar-refractivity contribution in [3.63, 3.8) is 0 Å². The molecule has 160 valence electrons. The van der Waals surface area contributed by atoms with Gasteiger partial charge in [0.05, 0.1) is 15.8 Å². The molecule has 1 fully saturated rings. The van der Waals surface area contributed by atoms with Crippen LogP contribution in [0.4, 0.5) is 5.69 Å². The number of nitro benzene ring substituents is 1. The molecule has 1 aliphatic rings. The molecule has 0 saturated carbocycles. The van der Waals surface area contributed by atoms with Crippen LogP contribution in [-0.2, 0) is 22.4 Å². The number of carbonyl (C=O) groups excluding carboxylic acids is 2. The van der Waals surface area contributed by atoms with Crippen molar-refractivity contribution in [2.75, 3.05) is 14.1 Å². The fourth-order valence-corrected chi connectivity index (χ4v) is 4.63. The minimum absolute atomic E-state index is 0.0221. The predicted octanol–water partition coefficient (Wildman–Crippen LogP) is 3.29. The van der Waals surface area contributed by atoms with Crippen molar-refractivity contribution in [3.8, 4) is 0 Å².